The molecule has 1 amide bonds. The first-order valence-corrected chi connectivity index (χ1v) is 10.4. The average molecular weight is 442 g/mol. The number of nitrogens with one attached hydrogen (secondary N) is 1. The van der Waals surface area contributed by atoms with Gasteiger partial charge in [0.2, 0.25) is 5.88 Å². The fraction of sp³-hybridized carbons (Fsp3) is 0.364. The third-order valence-electron chi connectivity index (χ3n) is 5.48. The van der Waals surface area contributed by atoms with Gasteiger partial charge in [-0.05, 0) is 49.4 Å². The summed E-state index contributed by atoms with van der Waals surface area (Å²) in [5.74, 6) is 0.954. The number of rotatable bonds is 8. The molecule has 0 aliphatic heterocycles. The highest BCUT2D eigenvalue weighted by Crippen LogP contribution is 2.39. The van der Waals surface area contributed by atoms with Gasteiger partial charge in [0, 0.05) is 30.4 Å². The van der Waals surface area contributed by atoms with Crippen molar-refractivity contribution in [3.63, 3.8) is 0 Å². The molecule has 0 radical (unpaired) electrons. The van der Waals surface area contributed by atoms with E-state index in [-0.39, 0.29) is 25.0 Å². The smallest absolute Gasteiger partial charge is 0.252 e. The number of aryl methyl sites for hydroxylation is 1. The Labute approximate surface area is 185 Å². The van der Waals surface area contributed by atoms with E-state index in [0.29, 0.717) is 27.9 Å². The Balaban J connectivity index is 1.57. The number of hydrogen-bond donors (Lipinski definition) is 2. The minimum atomic E-state index is -0.902. The molecule has 1 aliphatic rings. The van der Waals surface area contributed by atoms with Crippen molar-refractivity contribution < 1.29 is 14.6 Å². The molecule has 2 aromatic heterocycles. The third kappa shape index (κ3) is 5.03. The highest BCUT2D eigenvalue weighted by atomic mass is 35.5. The summed E-state index contributed by atoms with van der Waals surface area (Å²) < 4.78 is 7.52. The van der Waals surface area contributed by atoms with Crippen molar-refractivity contribution >= 4 is 17.5 Å². The molecule has 0 bridgehead atoms. The van der Waals surface area contributed by atoms with Gasteiger partial charge in [0.05, 0.1) is 11.2 Å². The van der Waals surface area contributed by atoms with Crippen molar-refractivity contribution in [1.82, 2.24) is 25.1 Å². The van der Waals surface area contributed by atoms with Crippen LogP contribution in [-0.2, 0) is 13.7 Å². The number of halogens is 1. The second kappa shape index (κ2) is 8.64. The number of amides is 1. The number of ether oxygens (including phenoxy) is 1. The van der Waals surface area contributed by atoms with Gasteiger partial charge in [0.15, 0.2) is 5.82 Å². The van der Waals surface area contributed by atoms with Gasteiger partial charge in [-0.15, -0.1) is 0 Å². The van der Waals surface area contributed by atoms with E-state index < -0.39 is 5.60 Å². The summed E-state index contributed by atoms with van der Waals surface area (Å²) in [5, 5.41) is 17.9. The summed E-state index contributed by atoms with van der Waals surface area (Å²) in [7, 11) is 1.78. The summed E-state index contributed by atoms with van der Waals surface area (Å²) in [6.45, 7) is 2.13. The number of aliphatic hydroxyl groups is 1. The lowest BCUT2D eigenvalue weighted by atomic mass is 10.0. The van der Waals surface area contributed by atoms with Gasteiger partial charge < -0.3 is 15.2 Å². The van der Waals surface area contributed by atoms with E-state index in [2.05, 4.69) is 20.4 Å². The van der Waals surface area contributed by atoms with Crippen LogP contribution >= 0.6 is 11.6 Å². The first-order chi connectivity index (χ1) is 14.8. The Morgan fingerprint density at radius 3 is 2.71 bits per heavy atom. The molecule has 2 heterocycles. The monoisotopic (exact) mass is 441 g/mol. The van der Waals surface area contributed by atoms with E-state index in [1.54, 1.807) is 36.9 Å². The number of pyridine rings is 1. The molecule has 1 unspecified atom stereocenters. The second-order valence-electron chi connectivity index (χ2n) is 7.99. The maximum absolute atomic E-state index is 12.7. The Morgan fingerprint density at radius 2 is 2.06 bits per heavy atom. The summed E-state index contributed by atoms with van der Waals surface area (Å²) in [6.07, 6.45) is 4.90. The molecule has 9 heteroatoms. The molecule has 8 nitrogen and oxygen atoms in total. The van der Waals surface area contributed by atoms with Gasteiger partial charge in [-0.1, -0.05) is 23.7 Å². The topological polar surface area (TPSA) is 102 Å². The molecule has 0 spiro atoms. The number of benzene rings is 1. The molecule has 1 aromatic carbocycles. The van der Waals surface area contributed by atoms with Crippen molar-refractivity contribution in [3.05, 3.63) is 59.3 Å². The minimum absolute atomic E-state index is 0.180. The van der Waals surface area contributed by atoms with E-state index >= 15 is 0 Å². The zero-order valence-electron chi connectivity index (χ0n) is 17.4. The zero-order chi connectivity index (χ0) is 22.0. The fourth-order valence-electron chi connectivity index (χ4n) is 3.32. The van der Waals surface area contributed by atoms with Crippen LogP contribution in [0, 0.1) is 5.92 Å². The number of carbonyl (C=O) groups excluding carboxylic acids is 1. The normalized spacial score (nSPS) is 15.4. The Morgan fingerprint density at radius 1 is 1.32 bits per heavy atom. The Hall–Kier alpha value is -2.97. The van der Waals surface area contributed by atoms with E-state index in [1.165, 1.54) is 12.5 Å². The van der Waals surface area contributed by atoms with Crippen molar-refractivity contribution in [2.75, 3.05) is 6.54 Å². The summed E-state index contributed by atoms with van der Waals surface area (Å²) >= 11 is 6.03. The van der Waals surface area contributed by atoms with Gasteiger partial charge in [-0.25, -0.2) is 9.97 Å². The van der Waals surface area contributed by atoms with Crippen LogP contribution in [0.25, 0.3) is 11.1 Å². The molecule has 2 N–H and O–H groups in total. The van der Waals surface area contributed by atoms with Crippen LogP contribution in [0.3, 0.4) is 0 Å². The predicted octanol–water partition coefficient (Wildman–Crippen LogP) is 3.00. The standard InChI is InChI=1S/C22H24ClN5O3/c1-22(30,16-5-6-16)12-25-20(29)15-9-18(14-3-7-17(23)8-4-14)21(24-10-15)31-11-19-26-13-27-28(19)2/h3-4,7-10,13,16,30H,5-6,11-12H2,1-2H3,(H,25,29). The number of hydrogen-bond acceptors (Lipinski definition) is 6. The maximum Gasteiger partial charge on any atom is 0.252 e. The fourth-order valence-corrected chi connectivity index (χ4v) is 3.45. The molecule has 31 heavy (non-hydrogen) atoms. The maximum atomic E-state index is 12.7. The van der Waals surface area contributed by atoms with Crippen LogP contribution in [0.15, 0.2) is 42.9 Å². The SMILES string of the molecule is Cn1ncnc1COc1ncc(C(=O)NCC(C)(O)C2CC2)cc1-c1ccc(Cl)cc1. The molecule has 1 atom stereocenters. The summed E-state index contributed by atoms with van der Waals surface area (Å²) in [4.78, 5) is 21.3. The van der Waals surface area contributed by atoms with Gasteiger partial charge in [-0.2, -0.15) is 5.10 Å². The quantitative estimate of drug-likeness (QED) is 0.557. The van der Waals surface area contributed by atoms with Gasteiger partial charge in [-0.3, -0.25) is 9.48 Å². The molecule has 1 saturated carbocycles. The van der Waals surface area contributed by atoms with Crippen LogP contribution in [0.2, 0.25) is 5.02 Å². The lowest BCUT2D eigenvalue weighted by Gasteiger charge is -2.23. The van der Waals surface area contributed by atoms with Crippen LogP contribution < -0.4 is 10.1 Å². The Kier molecular flexibility index (Phi) is 5.93. The minimum Gasteiger partial charge on any atom is -0.469 e. The van der Waals surface area contributed by atoms with Crippen molar-refractivity contribution in [2.24, 2.45) is 13.0 Å². The van der Waals surface area contributed by atoms with Gasteiger partial charge in [0.1, 0.15) is 12.9 Å². The molecular weight excluding hydrogens is 418 g/mol. The van der Waals surface area contributed by atoms with Crippen molar-refractivity contribution in [1.29, 1.82) is 0 Å². The highest BCUT2D eigenvalue weighted by Gasteiger charge is 2.40. The largest absolute Gasteiger partial charge is 0.469 e. The van der Waals surface area contributed by atoms with Crippen molar-refractivity contribution in [2.45, 2.75) is 32.0 Å². The molecule has 0 saturated heterocycles. The first kappa shape index (κ1) is 21.3. The molecule has 1 fully saturated rings. The van der Waals surface area contributed by atoms with E-state index in [0.717, 1.165) is 18.4 Å². The lowest BCUT2D eigenvalue weighted by molar-refractivity contribution is 0.0354. The van der Waals surface area contributed by atoms with Crippen LogP contribution in [0.1, 0.15) is 35.9 Å². The van der Waals surface area contributed by atoms with E-state index in [1.807, 2.05) is 12.1 Å². The zero-order valence-corrected chi connectivity index (χ0v) is 18.1. The molecule has 4 rings (SSSR count). The van der Waals surface area contributed by atoms with Crippen LogP contribution in [0.4, 0.5) is 0 Å². The van der Waals surface area contributed by atoms with Gasteiger partial charge >= 0.3 is 0 Å². The average Bonchev–Trinajstić information content (AvgIpc) is 3.55. The van der Waals surface area contributed by atoms with E-state index in [4.69, 9.17) is 16.3 Å². The van der Waals surface area contributed by atoms with E-state index in [9.17, 15) is 9.90 Å². The molecule has 3 aromatic rings. The van der Waals surface area contributed by atoms with Gasteiger partial charge in [0.25, 0.3) is 5.91 Å². The number of aromatic nitrogens is 4. The summed E-state index contributed by atoms with van der Waals surface area (Å²) in [5.41, 5.74) is 0.939. The lowest BCUT2D eigenvalue weighted by Crippen LogP contribution is -2.42. The van der Waals surface area contributed by atoms with Crippen molar-refractivity contribution in [3.8, 4) is 17.0 Å². The predicted molar refractivity (Wildman–Crippen MR) is 116 cm³/mol. The van der Waals surface area contributed by atoms with Crippen LogP contribution in [-0.4, -0.2) is 42.9 Å². The molecular formula is C22H24ClN5O3. The number of carbonyl (C=O) groups is 1. The van der Waals surface area contributed by atoms with Crippen LogP contribution in [0.5, 0.6) is 5.88 Å². The molecule has 162 valence electrons. The first-order valence-electron chi connectivity index (χ1n) is 10.1. The Bertz CT molecular complexity index is 1080. The number of nitrogens with zero attached hydrogens (tertiary/aromatic N) is 4. The molecule has 1 aliphatic carbocycles. The third-order valence-corrected chi connectivity index (χ3v) is 5.73. The second-order valence-corrected chi connectivity index (χ2v) is 8.42. The summed E-state index contributed by atoms with van der Waals surface area (Å²) in [6, 6.07) is 8.94. The highest BCUT2D eigenvalue weighted by molar-refractivity contribution is 6.30.